The van der Waals surface area contributed by atoms with Gasteiger partial charge in [-0.1, -0.05) is 48.5 Å². The summed E-state index contributed by atoms with van der Waals surface area (Å²) in [4.78, 5) is 12.0. The topological polar surface area (TPSA) is 41.1 Å². The van der Waals surface area contributed by atoms with Crippen LogP contribution < -0.4 is 10.2 Å². The van der Waals surface area contributed by atoms with Crippen molar-refractivity contribution >= 4 is 17.5 Å². The highest BCUT2D eigenvalue weighted by molar-refractivity contribution is 5.71. The van der Waals surface area contributed by atoms with E-state index >= 15 is 0 Å². The Labute approximate surface area is 153 Å². The largest absolute Gasteiger partial charge is 0.351 e. The minimum atomic E-state index is 0.530. The molecule has 0 amide bonds. The summed E-state index contributed by atoms with van der Waals surface area (Å²) in [6, 6.07) is 21.7. The van der Waals surface area contributed by atoms with Crippen LogP contribution in [0.2, 0.25) is 0 Å². The predicted molar refractivity (Wildman–Crippen MR) is 106 cm³/mol. The van der Waals surface area contributed by atoms with Crippen molar-refractivity contribution in [1.29, 1.82) is 0 Å². The fourth-order valence-corrected chi connectivity index (χ4v) is 3.58. The SMILES string of the molecule is c1ccc(-c2cc(N3CCCc4ccccc43)nc(NC3CC3)n2)cc1. The fraction of sp³-hybridized carbons (Fsp3) is 0.273. The molecule has 2 aliphatic rings. The summed E-state index contributed by atoms with van der Waals surface area (Å²) in [6.45, 7) is 0.991. The highest BCUT2D eigenvalue weighted by Crippen LogP contribution is 2.35. The summed E-state index contributed by atoms with van der Waals surface area (Å²) in [6.07, 6.45) is 4.70. The van der Waals surface area contributed by atoms with Crippen LogP contribution in [-0.4, -0.2) is 22.6 Å². The number of fused-ring (bicyclic) bond motifs is 1. The van der Waals surface area contributed by atoms with Gasteiger partial charge >= 0.3 is 0 Å². The van der Waals surface area contributed by atoms with Crippen molar-refractivity contribution < 1.29 is 0 Å². The Morgan fingerprint density at radius 3 is 2.58 bits per heavy atom. The number of para-hydroxylation sites is 1. The molecule has 5 rings (SSSR count). The maximum atomic E-state index is 4.87. The van der Waals surface area contributed by atoms with Crippen LogP contribution in [-0.2, 0) is 6.42 Å². The first-order valence-electron chi connectivity index (χ1n) is 9.43. The molecule has 4 nitrogen and oxygen atoms in total. The Morgan fingerprint density at radius 2 is 1.73 bits per heavy atom. The van der Waals surface area contributed by atoms with E-state index in [0.29, 0.717) is 6.04 Å². The van der Waals surface area contributed by atoms with Crippen LogP contribution in [0.5, 0.6) is 0 Å². The van der Waals surface area contributed by atoms with Crippen LogP contribution in [0.25, 0.3) is 11.3 Å². The number of rotatable bonds is 4. The van der Waals surface area contributed by atoms with Crippen LogP contribution in [0.15, 0.2) is 60.7 Å². The third-order valence-electron chi connectivity index (χ3n) is 5.08. The number of benzene rings is 2. The van der Waals surface area contributed by atoms with Gasteiger partial charge in [0.15, 0.2) is 0 Å². The molecule has 2 heterocycles. The summed E-state index contributed by atoms with van der Waals surface area (Å²) >= 11 is 0. The molecule has 0 unspecified atom stereocenters. The highest BCUT2D eigenvalue weighted by Gasteiger charge is 2.24. The lowest BCUT2D eigenvalue weighted by atomic mass is 10.0. The molecule has 1 N–H and O–H groups in total. The van der Waals surface area contributed by atoms with Crippen molar-refractivity contribution in [3.8, 4) is 11.3 Å². The molecule has 2 aromatic carbocycles. The van der Waals surface area contributed by atoms with Gasteiger partial charge in [0.05, 0.1) is 5.69 Å². The lowest BCUT2D eigenvalue weighted by Gasteiger charge is -2.30. The fourth-order valence-electron chi connectivity index (χ4n) is 3.58. The lowest BCUT2D eigenvalue weighted by molar-refractivity contribution is 0.759. The van der Waals surface area contributed by atoms with Gasteiger partial charge < -0.3 is 10.2 Å². The highest BCUT2D eigenvalue weighted by atomic mass is 15.2. The zero-order valence-electron chi connectivity index (χ0n) is 14.7. The third-order valence-corrected chi connectivity index (χ3v) is 5.08. The van der Waals surface area contributed by atoms with E-state index in [0.717, 1.165) is 42.4 Å². The van der Waals surface area contributed by atoms with Gasteiger partial charge in [0, 0.05) is 29.9 Å². The maximum Gasteiger partial charge on any atom is 0.225 e. The predicted octanol–water partition coefficient (Wildman–Crippen LogP) is 4.80. The van der Waals surface area contributed by atoms with Gasteiger partial charge in [-0.25, -0.2) is 4.98 Å². The standard InChI is InChI=1S/C22H22N4/c1-2-7-16(8-3-1)19-15-21(25-22(24-19)23-18-12-13-18)26-14-6-10-17-9-4-5-11-20(17)26/h1-5,7-9,11,15,18H,6,10,12-14H2,(H,23,24,25). The van der Waals surface area contributed by atoms with Crippen molar-refractivity contribution in [2.75, 3.05) is 16.8 Å². The molecule has 0 spiro atoms. The quantitative estimate of drug-likeness (QED) is 0.739. The average molecular weight is 342 g/mol. The molecule has 0 saturated heterocycles. The maximum absolute atomic E-state index is 4.87. The molecular weight excluding hydrogens is 320 g/mol. The van der Waals surface area contributed by atoms with E-state index in [1.807, 2.05) is 6.07 Å². The van der Waals surface area contributed by atoms with E-state index < -0.39 is 0 Å². The Morgan fingerprint density at radius 1 is 0.923 bits per heavy atom. The van der Waals surface area contributed by atoms with Gasteiger partial charge in [0.25, 0.3) is 0 Å². The molecule has 0 atom stereocenters. The summed E-state index contributed by atoms with van der Waals surface area (Å²) in [5.41, 5.74) is 4.77. The van der Waals surface area contributed by atoms with Crippen molar-refractivity contribution in [3.63, 3.8) is 0 Å². The van der Waals surface area contributed by atoms with E-state index in [9.17, 15) is 0 Å². The summed E-state index contributed by atoms with van der Waals surface area (Å²) in [5.74, 6) is 1.72. The second-order valence-corrected chi connectivity index (χ2v) is 7.10. The molecule has 1 aliphatic heterocycles. The molecule has 130 valence electrons. The Balaban J connectivity index is 1.60. The number of nitrogens with zero attached hydrogens (tertiary/aromatic N) is 3. The second-order valence-electron chi connectivity index (χ2n) is 7.10. The first kappa shape index (κ1) is 15.4. The average Bonchev–Trinajstić information content (AvgIpc) is 3.52. The minimum absolute atomic E-state index is 0.530. The molecule has 4 heteroatoms. The zero-order valence-corrected chi connectivity index (χ0v) is 14.7. The van der Waals surface area contributed by atoms with Gasteiger partial charge in [-0.3, -0.25) is 0 Å². The first-order chi connectivity index (χ1) is 12.9. The number of hydrogen-bond acceptors (Lipinski definition) is 4. The van der Waals surface area contributed by atoms with E-state index in [4.69, 9.17) is 9.97 Å². The lowest BCUT2D eigenvalue weighted by Crippen LogP contribution is -2.25. The van der Waals surface area contributed by atoms with Crippen LogP contribution in [0, 0.1) is 0 Å². The summed E-state index contributed by atoms with van der Waals surface area (Å²) in [5, 5.41) is 3.48. The van der Waals surface area contributed by atoms with Crippen molar-refractivity contribution in [3.05, 3.63) is 66.2 Å². The van der Waals surface area contributed by atoms with Gasteiger partial charge in [-0.2, -0.15) is 4.98 Å². The Kier molecular flexibility index (Phi) is 3.81. The second kappa shape index (κ2) is 6.45. The van der Waals surface area contributed by atoms with Gasteiger partial charge in [-0.15, -0.1) is 0 Å². The molecule has 0 bridgehead atoms. The number of aryl methyl sites for hydroxylation is 1. The molecular formula is C22H22N4. The monoisotopic (exact) mass is 342 g/mol. The minimum Gasteiger partial charge on any atom is -0.351 e. The van der Waals surface area contributed by atoms with E-state index in [1.165, 1.54) is 24.1 Å². The summed E-state index contributed by atoms with van der Waals surface area (Å²) < 4.78 is 0. The zero-order chi connectivity index (χ0) is 17.3. The number of anilines is 3. The molecule has 1 aromatic heterocycles. The molecule has 1 saturated carbocycles. The van der Waals surface area contributed by atoms with Gasteiger partial charge in [0.1, 0.15) is 5.82 Å². The van der Waals surface area contributed by atoms with Gasteiger partial charge in [-0.05, 0) is 37.3 Å². The van der Waals surface area contributed by atoms with Crippen molar-refractivity contribution in [2.45, 2.75) is 31.7 Å². The first-order valence-corrected chi connectivity index (χ1v) is 9.43. The smallest absolute Gasteiger partial charge is 0.225 e. The van der Waals surface area contributed by atoms with E-state index in [1.54, 1.807) is 0 Å². The van der Waals surface area contributed by atoms with Gasteiger partial charge in [0.2, 0.25) is 5.95 Å². The van der Waals surface area contributed by atoms with Crippen molar-refractivity contribution in [1.82, 2.24) is 9.97 Å². The molecule has 26 heavy (non-hydrogen) atoms. The van der Waals surface area contributed by atoms with Crippen LogP contribution >= 0.6 is 0 Å². The number of aromatic nitrogens is 2. The Hall–Kier alpha value is -2.88. The molecule has 0 radical (unpaired) electrons. The third kappa shape index (κ3) is 3.03. The Bertz CT molecular complexity index is 918. The number of hydrogen-bond donors (Lipinski definition) is 1. The normalized spacial score (nSPS) is 16.2. The molecule has 3 aromatic rings. The number of nitrogens with one attached hydrogen (secondary N) is 1. The van der Waals surface area contributed by atoms with Crippen LogP contribution in [0.4, 0.5) is 17.5 Å². The van der Waals surface area contributed by atoms with Crippen LogP contribution in [0.1, 0.15) is 24.8 Å². The van der Waals surface area contributed by atoms with Crippen molar-refractivity contribution in [2.24, 2.45) is 0 Å². The van der Waals surface area contributed by atoms with E-state index in [2.05, 4.69) is 64.8 Å². The summed E-state index contributed by atoms with van der Waals surface area (Å²) in [7, 11) is 0. The van der Waals surface area contributed by atoms with Crippen LogP contribution in [0.3, 0.4) is 0 Å². The molecule has 1 aliphatic carbocycles. The van der Waals surface area contributed by atoms with E-state index in [-0.39, 0.29) is 0 Å². The molecule has 1 fully saturated rings.